The van der Waals surface area contributed by atoms with Crippen LogP contribution in [0.2, 0.25) is 0 Å². The Bertz CT molecular complexity index is 1030. The van der Waals surface area contributed by atoms with E-state index in [1.165, 1.54) is 5.56 Å². The number of amides is 1. The first-order valence-corrected chi connectivity index (χ1v) is 12.2. The van der Waals surface area contributed by atoms with Gasteiger partial charge in [0.2, 0.25) is 0 Å². The number of hydrogen-bond acceptors (Lipinski definition) is 4. The van der Waals surface area contributed by atoms with Crippen molar-refractivity contribution in [1.29, 1.82) is 0 Å². The first-order chi connectivity index (χ1) is 16.3. The minimum absolute atomic E-state index is 0.0334. The van der Waals surface area contributed by atoms with Crippen molar-refractivity contribution in [2.24, 2.45) is 11.3 Å². The summed E-state index contributed by atoms with van der Waals surface area (Å²) in [6, 6.07) is 12.7. The highest BCUT2D eigenvalue weighted by molar-refractivity contribution is 5.70. The molecule has 0 aromatic heterocycles. The maximum Gasteiger partial charge on any atom is 0.407 e. The average molecular weight is 471 g/mol. The van der Waals surface area contributed by atoms with Gasteiger partial charge in [-0.2, -0.15) is 8.78 Å². The van der Waals surface area contributed by atoms with Crippen molar-refractivity contribution in [1.82, 2.24) is 10.2 Å². The number of alkyl carbamates (subject to hydrolysis) is 1. The zero-order chi connectivity index (χ0) is 23.9. The van der Waals surface area contributed by atoms with Crippen molar-refractivity contribution in [2.75, 3.05) is 19.6 Å². The number of hydrogen-bond donors (Lipinski definition) is 1. The number of piperidine rings is 3. The second-order valence-electron chi connectivity index (χ2n) is 10.5. The van der Waals surface area contributed by atoms with Crippen molar-refractivity contribution in [3.05, 3.63) is 53.6 Å². The number of benzene rings is 2. The third-order valence-electron chi connectivity index (χ3n) is 7.81. The Morgan fingerprint density at radius 3 is 2.44 bits per heavy atom. The predicted molar refractivity (Wildman–Crippen MR) is 126 cm³/mol. The number of nitrogens with zero attached hydrogens (tertiary/aromatic N) is 1. The van der Waals surface area contributed by atoms with Gasteiger partial charge in [-0.05, 0) is 90.6 Å². The van der Waals surface area contributed by atoms with Crippen molar-refractivity contribution >= 4 is 6.09 Å². The second kappa shape index (κ2) is 9.17. The topological polar surface area (TPSA) is 50.8 Å². The van der Waals surface area contributed by atoms with E-state index in [9.17, 15) is 13.6 Å². The molecule has 4 aliphatic rings. The van der Waals surface area contributed by atoms with Crippen LogP contribution in [-0.4, -0.2) is 43.3 Å². The predicted octanol–water partition coefficient (Wildman–Crippen LogP) is 5.79. The number of rotatable bonds is 5. The molecule has 0 radical (unpaired) electrons. The summed E-state index contributed by atoms with van der Waals surface area (Å²) >= 11 is 0. The molecule has 2 aromatic rings. The lowest BCUT2D eigenvalue weighted by atomic mass is 9.70. The van der Waals surface area contributed by atoms with Gasteiger partial charge in [-0.25, -0.2) is 4.79 Å². The number of halogens is 2. The van der Waals surface area contributed by atoms with Crippen LogP contribution in [0.1, 0.15) is 50.3 Å². The van der Waals surface area contributed by atoms with E-state index in [1.54, 1.807) is 24.3 Å². The molecular weight excluding hydrogens is 438 g/mol. The van der Waals surface area contributed by atoms with E-state index in [1.807, 2.05) is 6.07 Å². The molecule has 2 atom stereocenters. The SMILES string of the molecule is CC1(C)CCc2ccc(-c3ccc(OC(F)F)cc3)cc2C1NC(=O)O[C@H]1CN2CCC1CC2. The zero-order valence-electron chi connectivity index (χ0n) is 19.7. The lowest BCUT2D eigenvalue weighted by Crippen LogP contribution is -2.53. The number of fused-ring (bicyclic) bond motifs is 4. The van der Waals surface area contributed by atoms with Crippen LogP contribution in [0.15, 0.2) is 42.5 Å². The summed E-state index contributed by atoms with van der Waals surface area (Å²) in [6.45, 7) is 4.55. The van der Waals surface area contributed by atoms with Gasteiger partial charge in [0.1, 0.15) is 11.9 Å². The smallest absolute Gasteiger partial charge is 0.407 e. The molecule has 2 bridgehead atoms. The summed E-state index contributed by atoms with van der Waals surface area (Å²) in [4.78, 5) is 15.4. The molecule has 3 saturated heterocycles. The molecule has 1 aliphatic carbocycles. The van der Waals surface area contributed by atoms with Crippen LogP contribution in [0.25, 0.3) is 11.1 Å². The van der Waals surface area contributed by atoms with Gasteiger partial charge in [0, 0.05) is 6.54 Å². The second-order valence-corrected chi connectivity index (χ2v) is 10.5. The highest BCUT2D eigenvalue weighted by Crippen LogP contribution is 2.45. The maximum atomic E-state index is 13.0. The Morgan fingerprint density at radius 2 is 1.79 bits per heavy atom. The minimum atomic E-state index is -2.84. The van der Waals surface area contributed by atoms with E-state index in [4.69, 9.17) is 4.74 Å². The molecule has 182 valence electrons. The van der Waals surface area contributed by atoms with E-state index >= 15 is 0 Å². The molecule has 3 heterocycles. The molecule has 5 nitrogen and oxygen atoms in total. The zero-order valence-corrected chi connectivity index (χ0v) is 19.7. The summed E-state index contributed by atoms with van der Waals surface area (Å²) in [5.74, 6) is 0.596. The van der Waals surface area contributed by atoms with Gasteiger partial charge in [-0.1, -0.05) is 38.1 Å². The monoisotopic (exact) mass is 470 g/mol. The summed E-state index contributed by atoms with van der Waals surface area (Å²) in [5.41, 5.74) is 4.05. The van der Waals surface area contributed by atoms with E-state index in [2.05, 4.69) is 40.9 Å². The lowest BCUT2D eigenvalue weighted by Gasteiger charge is -2.44. The molecule has 6 rings (SSSR count). The van der Waals surface area contributed by atoms with Gasteiger partial charge in [0.15, 0.2) is 0 Å². The Balaban J connectivity index is 1.35. The lowest BCUT2D eigenvalue weighted by molar-refractivity contribution is -0.0498. The maximum absolute atomic E-state index is 13.0. The average Bonchev–Trinajstić information content (AvgIpc) is 2.81. The first kappa shape index (κ1) is 23.1. The number of aryl methyl sites for hydroxylation is 1. The fraction of sp³-hybridized carbons (Fsp3) is 0.519. The normalized spacial score (nSPS) is 27.2. The largest absolute Gasteiger partial charge is 0.445 e. The minimum Gasteiger partial charge on any atom is -0.445 e. The van der Waals surface area contributed by atoms with Gasteiger partial charge in [0.05, 0.1) is 6.04 Å². The van der Waals surface area contributed by atoms with Crippen LogP contribution in [-0.2, 0) is 11.2 Å². The number of nitrogens with one attached hydrogen (secondary N) is 1. The Kier molecular flexibility index (Phi) is 6.23. The van der Waals surface area contributed by atoms with Crippen molar-refractivity contribution < 1.29 is 23.0 Å². The number of carbonyl (C=O) groups excluding carboxylic acids is 1. The van der Waals surface area contributed by atoms with Crippen LogP contribution in [0, 0.1) is 11.3 Å². The molecule has 1 unspecified atom stereocenters. The van der Waals surface area contributed by atoms with E-state index < -0.39 is 6.61 Å². The van der Waals surface area contributed by atoms with Crippen LogP contribution in [0.3, 0.4) is 0 Å². The fourth-order valence-corrected chi connectivity index (χ4v) is 5.73. The van der Waals surface area contributed by atoms with E-state index in [0.29, 0.717) is 5.92 Å². The Hall–Kier alpha value is -2.67. The molecule has 7 heteroatoms. The highest BCUT2D eigenvalue weighted by atomic mass is 19.3. The van der Waals surface area contributed by atoms with Crippen molar-refractivity contribution in [3.8, 4) is 16.9 Å². The van der Waals surface area contributed by atoms with Crippen LogP contribution in [0.5, 0.6) is 5.75 Å². The van der Waals surface area contributed by atoms with Crippen LogP contribution < -0.4 is 10.1 Å². The summed E-state index contributed by atoms with van der Waals surface area (Å²) < 4.78 is 35.3. The van der Waals surface area contributed by atoms with Crippen LogP contribution in [0.4, 0.5) is 13.6 Å². The molecule has 34 heavy (non-hydrogen) atoms. The number of carbonyl (C=O) groups is 1. The molecule has 1 N–H and O–H groups in total. The Morgan fingerprint density at radius 1 is 1.09 bits per heavy atom. The summed E-state index contributed by atoms with van der Waals surface area (Å²) in [7, 11) is 0. The first-order valence-electron chi connectivity index (χ1n) is 12.2. The van der Waals surface area contributed by atoms with E-state index in [0.717, 1.165) is 62.0 Å². The van der Waals surface area contributed by atoms with E-state index in [-0.39, 0.29) is 29.4 Å². The van der Waals surface area contributed by atoms with Gasteiger partial charge in [-0.3, -0.25) is 4.90 Å². The van der Waals surface area contributed by atoms with Crippen LogP contribution >= 0.6 is 0 Å². The van der Waals surface area contributed by atoms with Gasteiger partial charge < -0.3 is 14.8 Å². The van der Waals surface area contributed by atoms with Crippen molar-refractivity contribution in [3.63, 3.8) is 0 Å². The Labute approximate surface area is 199 Å². The molecule has 0 saturated carbocycles. The van der Waals surface area contributed by atoms with Gasteiger partial charge >= 0.3 is 12.7 Å². The highest BCUT2D eigenvalue weighted by Gasteiger charge is 2.40. The number of ether oxygens (including phenoxy) is 2. The van der Waals surface area contributed by atoms with Gasteiger partial charge in [0.25, 0.3) is 0 Å². The third kappa shape index (κ3) is 4.76. The summed E-state index contributed by atoms with van der Waals surface area (Å²) in [5, 5.41) is 3.20. The fourth-order valence-electron chi connectivity index (χ4n) is 5.73. The molecule has 3 aliphatic heterocycles. The molecule has 2 aromatic carbocycles. The third-order valence-corrected chi connectivity index (χ3v) is 7.81. The molecular formula is C27H32F2N2O3. The quantitative estimate of drug-likeness (QED) is 0.601. The summed E-state index contributed by atoms with van der Waals surface area (Å²) in [6.07, 6.45) is 3.72. The molecule has 1 amide bonds. The molecule has 3 fully saturated rings. The standard InChI is InChI=1S/C27H32F2N2O3/c1-27(2)12-9-18-3-4-20(17-5-7-21(8-6-17)33-25(28)29)15-22(18)24(27)30-26(32)34-23-16-31-13-10-19(23)11-14-31/h3-8,15,19,23-25H,9-14,16H2,1-2H3,(H,30,32)/t23-,24?/m0/s1. The van der Waals surface area contributed by atoms with Gasteiger partial charge in [-0.15, -0.1) is 0 Å². The van der Waals surface area contributed by atoms with Crippen molar-refractivity contribution in [2.45, 2.75) is 58.3 Å². The number of alkyl halides is 2. The molecule has 0 spiro atoms.